The third-order valence-electron chi connectivity index (χ3n) is 5.33. The molecule has 1 unspecified atom stereocenters. The second-order valence-corrected chi connectivity index (χ2v) is 7.19. The fourth-order valence-corrected chi connectivity index (χ4v) is 3.68. The zero-order chi connectivity index (χ0) is 18.6. The Labute approximate surface area is 159 Å². The van der Waals surface area contributed by atoms with Gasteiger partial charge in [-0.2, -0.15) is 0 Å². The summed E-state index contributed by atoms with van der Waals surface area (Å²) in [5, 5.41) is 3.07. The number of hydrogen-bond donors (Lipinski definition) is 1. The number of aromatic nitrogens is 2. The number of hydrogen-bond acceptors (Lipinski definition) is 3. The van der Waals surface area contributed by atoms with Crippen LogP contribution in [0, 0.1) is 5.92 Å². The van der Waals surface area contributed by atoms with Crippen LogP contribution in [0.15, 0.2) is 54.9 Å². The average Bonchev–Trinajstić information content (AvgIpc) is 3.47. The lowest BCUT2D eigenvalue weighted by molar-refractivity contribution is -0.121. The first-order valence-corrected chi connectivity index (χ1v) is 9.56. The van der Waals surface area contributed by atoms with Crippen LogP contribution in [0.5, 0.6) is 5.75 Å². The highest BCUT2D eigenvalue weighted by atomic mass is 16.5. The van der Waals surface area contributed by atoms with Crippen LogP contribution in [-0.2, 0) is 11.2 Å². The molecule has 2 aromatic heterocycles. The van der Waals surface area contributed by atoms with Crippen LogP contribution >= 0.6 is 0 Å². The van der Waals surface area contributed by atoms with Gasteiger partial charge in [-0.1, -0.05) is 18.2 Å². The van der Waals surface area contributed by atoms with Gasteiger partial charge in [0.2, 0.25) is 5.91 Å². The number of carbonyl (C=O) groups is 1. The molecule has 1 amide bonds. The molecule has 27 heavy (non-hydrogen) atoms. The molecule has 0 spiro atoms. The number of carbonyl (C=O) groups excluding carboxylic acids is 1. The van der Waals surface area contributed by atoms with Crippen molar-refractivity contribution in [1.82, 2.24) is 14.7 Å². The summed E-state index contributed by atoms with van der Waals surface area (Å²) in [4.78, 5) is 17.0. The van der Waals surface area contributed by atoms with Crippen LogP contribution in [-0.4, -0.2) is 28.9 Å². The van der Waals surface area contributed by atoms with E-state index in [0.29, 0.717) is 24.8 Å². The Morgan fingerprint density at radius 3 is 2.81 bits per heavy atom. The molecule has 0 bridgehead atoms. The van der Waals surface area contributed by atoms with Gasteiger partial charge in [-0.05, 0) is 54.5 Å². The SMILES string of the molecule is COc1ccc(C(CC(=O)NCCc2ncc3ccccn23)C2CC2)cc1. The van der Waals surface area contributed by atoms with Crippen LogP contribution in [0.25, 0.3) is 5.52 Å². The number of imidazole rings is 1. The molecule has 4 rings (SSSR count). The number of rotatable bonds is 8. The second-order valence-electron chi connectivity index (χ2n) is 7.19. The summed E-state index contributed by atoms with van der Waals surface area (Å²) in [6.45, 7) is 0.604. The molecular formula is C22H25N3O2. The van der Waals surface area contributed by atoms with Gasteiger partial charge in [0.1, 0.15) is 11.6 Å². The highest BCUT2D eigenvalue weighted by Crippen LogP contribution is 2.44. The van der Waals surface area contributed by atoms with Crippen molar-refractivity contribution in [2.75, 3.05) is 13.7 Å². The van der Waals surface area contributed by atoms with E-state index in [4.69, 9.17) is 4.74 Å². The molecule has 140 valence electrons. The van der Waals surface area contributed by atoms with Crippen molar-refractivity contribution in [2.24, 2.45) is 5.92 Å². The maximum absolute atomic E-state index is 12.5. The Morgan fingerprint density at radius 1 is 1.26 bits per heavy atom. The highest BCUT2D eigenvalue weighted by molar-refractivity contribution is 5.77. The fraction of sp³-hybridized carbons (Fsp3) is 0.364. The summed E-state index contributed by atoms with van der Waals surface area (Å²) in [5.41, 5.74) is 2.31. The number of amides is 1. The first-order chi connectivity index (χ1) is 13.2. The summed E-state index contributed by atoms with van der Waals surface area (Å²) < 4.78 is 7.30. The number of nitrogens with one attached hydrogen (secondary N) is 1. The highest BCUT2D eigenvalue weighted by Gasteiger charge is 2.33. The third kappa shape index (κ3) is 4.13. The molecule has 5 heteroatoms. The number of benzene rings is 1. The monoisotopic (exact) mass is 363 g/mol. The van der Waals surface area contributed by atoms with Gasteiger partial charge in [-0.3, -0.25) is 4.79 Å². The molecule has 2 heterocycles. The van der Waals surface area contributed by atoms with E-state index < -0.39 is 0 Å². The van der Waals surface area contributed by atoms with Crippen molar-refractivity contribution in [1.29, 1.82) is 0 Å². The molecule has 1 fully saturated rings. The van der Waals surface area contributed by atoms with Crippen molar-refractivity contribution < 1.29 is 9.53 Å². The van der Waals surface area contributed by atoms with Crippen LogP contribution in [0.2, 0.25) is 0 Å². The van der Waals surface area contributed by atoms with Gasteiger partial charge in [-0.25, -0.2) is 4.98 Å². The Bertz CT molecular complexity index is 913. The Hall–Kier alpha value is -2.82. The van der Waals surface area contributed by atoms with E-state index in [1.54, 1.807) is 7.11 Å². The predicted molar refractivity (Wildman–Crippen MR) is 105 cm³/mol. The normalized spacial score (nSPS) is 14.9. The summed E-state index contributed by atoms with van der Waals surface area (Å²) in [6, 6.07) is 14.2. The number of methoxy groups -OCH3 is 1. The van der Waals surface area contributed by atoms with Gasteiger partial charge in [-0.15, -0.1) is 0 Å². The zero-order valence-electron chi connectivity index (χ0n) is 15.6. The first kappa shape index (κ1) is 17.6. The van der Waals surface area contributed by atoms with Crippen LogP contribution in [0.1, 0.15) is 36.6 Å². The molecule has 0 radical (unpaired) electrons. The first-order valence-electron chi connectivity index (χ1n) is 9.56. The number of pyridine rings is 1. The number of fused-ring (bicyclic) bond motifs is 1. The molecule has 0 aliphatic heterocycles. The molecule has 1 atom stereocenters. The fourth-order valence-electron chi connectivity index (χ4n) is 3.68. The number of nitrogens with zero attached hydrogens (tertiary/aromatic N) is 2. The van der Waals surface area contributed by atoms with Gasteiger partial charge in [0.25, 0.3) is 0 Å². The molecule has 3 aromatic rings. The van der Waals surface area contributed by atoms with E-state index in [-0.39, 0.29) is 5.91 Å². The molecule has 1 aliphatic rings. The summed E-state index contributed by atoms with van der Waals surface area (Å²) >= 11 is 0. The largest absolute Gasteiger partial charge is 0.497 e. The minimum Gasteiger partial charge on any atom is -0.497 e. The summed E-state index contributed by atoms with van der Waals surface area (Å²) in [5.74, 6) is 2.86. The van der Waals surface area contributed by atoms with E-state index >= 15 is 0 Å². The second kappa shape index (κ2) is 7.82. The van der Waals surface area contributed by atoms with E-state index in [1.165, 1.54) is 18.4 Å². The minimum absolute atomic E-state index is 0.114. The van der Waals surface area contributed by atoms with Crippen LogP contribution < -0.4 is 10.1 Å². The van der Waals surface area contributed by atoms with E-state index in [0.717, 1.165) is 23.5 Å². The maximum atomic E-state index is 12.5. The molecule has 1 aliphatic carbocycles. The average molecular weight is 363 g/mol. The van der Waals surface area contributed by atoms with Crippen molar-refractivity contribution >= 4 is 11.4 Å². The lowest BCUT2D eigenvalue weighted by Gasteiger charge is -2.17. The summed E-state index contributed by atoms with van der Waals surface area (Å²) in [6.07, 6.45) is 7.56. The van der Waals surface area contributed by atoms with Crippen LogP contribution in [0.4, 0.5) is 0 Å². The third-order valence-corrected chi connectivity index (χ3v) is 5.33. The molecule has 5 nitrogen and oxygen atoms in total. The summed E-state index contributed by atoms with van der Waals surface area (Å²) in [7, 11) is 1.67. The van der Waals surface area contributed by atoms with Gasteiger partial charge >= 0.3 is 0 Å². The standard InChI is InChI=1S/C22H25N3O2/c1-27-19-9-7-17(8-10-19)20(16-5-6-16)14-22(26)23-12-11-21-24-15-18-4-2-3-13-25(18)21/h2-4,7-10,13,15-16,20H,5-6,11-12,14H2,1H3,(H,23,26). The van der Waals surface area contributed by atoms with Crippen LogP contribution in [0.3, 0.4) is 0 Å². The van der Waals surface area contributed by atoms with Gasteiger partial charge in [0.05, 0.1) is 18.8 Å². The Kier molecular flexibility index (Phi) is 5.10. The van der Waals surface area contributed by atoms with Crippen molar-refractivity contribution in [3.05, 3.63) is 66.2 Å². The minimum atomic E-state index is 0.114. The molecule has 0 saturated heterocycles. The van der Waals surface area contributed by atoms with Gasteiger partial charge in [0, 0.05) is 25.6 Å². The number of ether oxygens (including phenoxy) is 1. The quantitative estimate of drug-likeness (QED) is 0.665. The van der Waals surface area contributed by atoms with Crippen molar-refractivity contribution in [3.63, 3.8) is 0 Å². The molecule has 1 saturated carbocycles. The molecular weight excluding hydrogens is 338 g/mol. The smallest absolute Gasteiger partial charge is 0.220 e. The Balaban J connectivity index is 1.33. The predicted octanol–water partition coefficient (Wildman–Crippen LogP) is 3.59. The maximum Gasteiger partial charge on any atom is 0.220 e. The lowest BCUT2D eigenvalue weighted by atomic mass is 9.90. The topological polar surface area (TPSA) is 55.6 Å². The van der Waals surface area contributed by atoms with E-state index in [1.807, 2.05) is 42.7 Å². The van der Waals surface area contributed by atoms with E-state index in [9.17, 15) is 4.79 Å². The van der Waals surface area contributed by atoms with Gasteiger partial charge < -0.3 is 14.5 Å². The molecule has 1 N–H and O–H groups in total. The lowest BCUT2D eigenvalue weighted by Crippen LogP contribution is -2.28. The van der Waals surface area contributed by atoms with Gasteiger partial charge in [0.15, 0.2) is 0 Å². The van der Waals surface area contributed by atoms with Crippen molar-refractivity contribution in [2.45, 2.75) is 31.6 Å². The Morgan fingerprint density at radius 2 is 2.07 bits per heavy atom. The molecule has 1 aromatic carbocycles. The van der Waals surface area contributed by atoms with E-state index in [2.05, 4.69) is 26.8 Å². The van der Waals surface area contributed by atoms with Crippen molar-refractivity contribution in [3.8, 4) is 5.75 Å². The zero-order valence-corrected chi connectivity index (χ0v) is 15.6.